The van der Waals surface area contributed by atoms with E-state index in [-0.39, 0.29) is 16.2 Å². The van der Waals surface area contributed by atoms with Gasteiger partial charge in [-0.1, -0.05) is 357 Å². The third kappa shape index (κ3) is 9.02. The Kier molecular flexibility index (Phi) is 13.5. The van der Waals surface area contributed by atoms with Crippen LogP contribution in [0.5, 0.6) is 0 Å². The fraction of sp³-hybridized carbons (Fsp3) is 0.0857. The molecule has 0 fully saturated rings. The highest BCUT2D eigenvalue weighted by Gasteiger charge is 2.41. The first-order chi connectivity index (χ1) is 51.9. The molecule has 0 amide bonds. The maximum atomic E-state index is 6.21. The molecular formula is C105H74O. The van der Waals surface area contributed by atoms with Crippen LogP contribution in [0.4, 0.5) is 0 Å². The van der Waals surface area contributed by atoms with Crippen molar-refractivity contribution in [1.82, 2.24) is 0 Å². The normalized spacial score (nSPS) is 14.0. The van der Waals surface area contributed by atoms with Gasteiger partial charge >= 0.3 is 0 Å². The van der Waals surface area contributed by atoms with E-state index < -0.39 is 0 Å². The lowest BCUT2D eigenvalue weighted by Gasteiger charge is -2.26. The zero-order chi connectivity index (χ0) is 70.9. The quantitative estimate of drug-likeness (QED) is 0.151. The van der Waals surface area contributed by atoms with Crippen molar-refractivity contribution in [2.75, 3.05) is 0 Å². The minimum atomic E-state index is -0.130. The number of benzene rings is 18. The number of hydrogen-bond acceptors (Lipinski definition) is 1. The highest BCUT2D eigenvalue weighted by molar-refractivity contribution is 6.24. The Balaban J connectivity index is 0.000000136. The molecule has 1 heterocycles. The zero-order valence-electron chi connectivity index (χ0n) is 60.2. The Hall–Kier alpha value is -12.7. The molecular weight excluding hydrogens is 1280 g/mol. The highest BCUT2D eigenvalue weighted by Crippen LogP contribution is 2.58. The molecule has 0 saturated heterocycles. The first-order valence-corrected chi connectivity index (χ1v) is 37.5. The molecule has 1 nitrogen and oxygen atoms in total. The predicted octanol–water partition coefficient (Wildman–Crippen LogP) is 29.1. The van der Waals surface area contributed by atoms with Crippen LogP contribution in [0.3, 0.4) is 0 Å². The number of rotatable bonds is 6. The molecule has 0 N–H and O–H groups in total. The summed E-state index contributed by atoms with van der Waals surface area (Å²) in [4.78, 5) is 0. The summed E-state index contributed by atoms with van der Waals surface area (Å²) in [5, 5.41) is 17.8. The SMILES string of the molecule is CC1(C)c2c(-c3ccc(-c4c5ccccc5c(-c5ccc6oc7ccccc7c6c5)c5ccccc45)cc3)cccc2-c2ccc3ccccc3c21.CC1(C)c2ccccc2-c2ccc(-c3c4ccccc4c(-c4ccc(-c5cccc6c5C(C)(C)c5c-6ccc6ccccc56)cc4)c4ccccc34)cc21. The summed E-state index contributed by atoms with van der Waals surface area (Å²) >= 11 is 0. The van der Waals surface area contributed by atoms with Crippen LogP contribution >= 0.6 is 0 Å². The van der Waals surface area contributed by atoms with Gasteiger partial charge in [-0.25, -0.2) is 0 Å². The van der Waals surface area contributed by atoms with E-state index >= 15 is 0 Å². The van der Waals surface area contributed by atoms with Crippen molar-refractivity contribution in [3.05, 3.63) is 373 Å². The predicted molar refractivity (Wildman–Crippen MR) is 451 cm³/mol. The van der Waals surface area contributed by atoms with Crippen molar-refractivity contribution in [3.8, 4) is 100 Å². The van der Waals surface area contributed by atoms with Crippen molar-refractivity contribution in [2.45, 2.75) is 57.8 Å². The lowest BCUT2D eigenvalue weighted by Crippen LogP contribution is -2.16. The van der Waals surface area contributed by atoms with Crippen LogP contribution < -0.4 is 0 Å². The van der Waals surface area contributed by atoms with Gasteiger partial charge in [0.05, 0.1) is 0 Å². The first kappa shape index (κ1) is 61.9. The molecule has 1 aromatic heterocycles. The monoisotopic (exact) mass is 1350 g/mol. The summed E-state index contributed by atoms with van der Waals surface area (Å²) in [6, 6.07) is 126. The van der Waals surface area contributed by atoms with Crippen molar-refractivity contribution in [3.63, 3.8) is 0 Å². The lowest BCUT2D eigenvalue weighted by atomic mass is 9.77. The summed E-state index contributed by atoms with van der Waals surface area (Å²) in [7, 11) is 0. The maximum Gasteiger partial charge on any atom is 0.135 e. The molecule has 0 bridgehead atoms. The van der Waals surface area contributed by atoms with Gasteiger partial charge in [0.1, 0.15) is 11.2 Å². The molecule has 0 unspecified atom stereocenters. The molecule has 0 atom stereocenters. The molecule has 18 aromatic carbocycles. The molecule has 106 heavy (non-hydrogen) atoms. The number of fused-ring (bicyclic) bond motifs is 20. The second-order valence-electron chi connectivity index (χ2n) is 31.2. The van der Waals surface area contributed by atoms with E-state index in [9.17, 15) is 0 Å². The summed E-state index contributed by atoms with van der Waals surface area (Å²) in [5.41, 5.74) is 33.4. The van der Waals surface area contributed by atoms with Crippen LogP contribution in [-0.4, -0.2) is 0 Å². The van der Waals surface area contributed by atoms with E-state index in [1.165, 1.54) is 198 Å². The molecule has 0 spiro atoms. The van der Waals surface area contributed by atoms with Crippen molar-refractivity contribution in [2.24, 2.45) is 0 Å². The van der Waals surface area contributed by atoms with Gasteiger partial charge in [0, 0.05) is 27.0 Å². The minimum absolute atomic E-state index is 0.0557. The minimum Gasteiger partial charge on any atom is -0.456 e. The van der Waals surface area contributed by atoms with Gasteiger partial charge in [-0.2, -0.15) is 0 Å². The van der Waals surface area contributed by atoms with Crippen molar-refractivity contribution in [1.29, 1.82) is 0 Å². The Morgan fingerprint density at radius 3 is 0.962 bits per heavy atom. The molecule has 0 saturated carbocycles. The molecule has 0 aliphatic heterocycles. The third-order valence-electron chi connectivity index (χ3n) is 24.4. The fourth-order valence-electron chi connectivity index (χ4n) is 19.8. The molecule has 19 aromatic rings. The van der Waals surface area contributed by atoms with Gasteiger partial charge in [-0.3, -0.25) is 0 Å². The van der Waals surface area contributed by atoms with Crippen LogP contribution in [-0.2, 0) is 16.2 Å². The van der Waals surface area contributed by atoms with Crippen LogP contribution in [0.25, 0.3) is 187 Å². The average molecular weight is 1350 g/mol. The highest BCUT2D eigenvalue weighted by atomic mass is 16.3. The largest absolute Gasteiger partial charge is 0.456 e. The maximum absolute atomic E-state index is 6.21. The molecule has 3 aliphatic carbocycles. The topological polar surface area (TPSA) is 13.1 Å². The second-order valence-corrected chi connectivity index (χ2v) is 31.2. The summed E-state index contributed by atoms with van der Waals surface area (Å²) in [5.74, 6) is 0. The van der Waals surface area contributed by atoms with Crippen LogP contribution in [0.15, 0.2) is 344 Å². The van der Waals surface area contributed by atoms with E-state index in [0.717, 1.165) is 21.9 Å². The van der Waals surface area contributed by atoms with E-state index in [2.05, 4.69) is 369 Å². The average Bonchev–Trinajstić information content (AvgIpc) is 1.50. The van der Waals surface area contributed by atoms with E-state index in [0.29, 0.717) is 0 Å². The van der Waals surface area contributed by atoms with Gasteiger partial charge in [-0.15, -0.1) is 0 Å². The van der Waals surface area contributed by atoms with Gasteiger partial charge in [-0.05, 0) is 222 Å². The third-order valence-corrected chi connectivity index (χ3v) is 24.4. The summed E-state index contributed by atoms with van der Waals surface area (Å²) in [6.07, 6.45) is 0. The Bertz CT molecular complexity index is 6830. The van der Waals surface area contributed by atoms with Crippen molar-refractivity contribution >= 4 is 86.6 Å². The number of hydrogen-bond donors (Lipinski definition) is 0. The van der Waals surface area contributed by atoms with Gasteiger partial charge < -0.3 is 4.42 Å². The standard InChI is InChI=1S/C54H40.C51H34O/c1-53(2)47-23-12-11-16-39(47)40-30-29-36(32-48(40)53)50-43-19-9-7-17-41(43)49(42-18-8-10-20-44(42)50)35-26-24-34(25-27-35)38-21-13-22-45-46-31-28-33-14-5-6-15-37(33)52(46)54(3,4)51(38)45;1-51(2)49-36(19-11-20-42(49)43-28-26-31-12-3-4-13-35(31)50(43)51)32-22-24-33(25-23-32)47-38-15-5-7-17-40(38)48(41-18-8-6-16-39(41)47)34-27-29-46-44(30-34)37-14-9-10-21-45(37)52-46/h5-32H,1-4H3;3-30H,1-2H3. The Morgan fingerprint density at radius 1 is 0.179 bits per heavy atom. The zero-order valence-corrected chi connectivity index (χ0v) is 60.2. The second kappa shape index (κ2) is 23.2. The molecule has 1 heteroatoms. The van der Waals surface area contributed by atoms with Crippen LogP contribution in [0.1, 0.15) is 74.9 Å². The van der Waals surface area contributed by atoms with E-state index in [1.54, 1.807) is 0 Å². The van der Waals surface area contributed by atoms with E-state index in [1.807, 2.05) is 12.1 Å². The van der Waals surface area contributed by atoms with Gasteiger partial charge in [0.2, 0.25) is 0 Å². The first-order valence-electron chi connectivity index (χ1n) is 37.5. The fourth-order valence-corrected chi connectivity index (χ4v) is 19.8. The summed E-state index contributed by atoms with van der Waals surface area (Å²) < 4.78 is 6.21. The van der Waals surface area contributed by atoms with Crippen LogP contribution in [0.2, 0.25) is 0 Å². The molecule has 500 valence electrons. The molecule has 0 radical (unpaired) electrons. The summed E-state index contributed by atoms with van der Waals surface area (Å²) in [6.45, 7) is 14.3. The molecule has 3 aliphatic rings. The smallest absolute Gasteiger partial charge is 0.135 e. The lowest BCUT2D eigenvalue weighted by molar-refractivity contribution is 0.660. The molecule has 22 rings (SSSR count). The Labute approximate surface area is 618 Å². The number of para-hydroxylation sites is 1. The Morgan fingerprint density at radius 2 is 0.491 bits per heavy atom. The van der Waals surface area contributed by atoms with E-state index in [4.69, 9.17) is 4.42 Å². The number of furan rings is 1. The van der Waals surface area contributed by atoms with Crippen LogP contribution in [0, 0.1) is 0 Å². The van der Waals surface area contributed by atoms with Gasteiger partial charge in [0.25, 0.3) is 0 Å². The van der Waals surface area contributed by atoms with Crippen molar-refractivity contribution < 1.29 is 4.42 Å². The van der Waals surface area contributed by atoms with Gasteiger partial charge in [0.15, 0.2) is 0 Å².